The summed E-state index contributed by atoms with van der Waals surface area (Å²) in [7, 11) is 0. The van der Waals surface area contributed by atoms with Gasteiger partial charge in [-0.2, -0.15) is 0 Å². The molecule has 0 saturated carbocycles. The number of benzene rings is 4. The van der Waals surface area contributed by atoms with Crippen molar-refractivity contribution in [3.63, 3.8) is 0 Å². The first kappa shape index (κ1) is 20.1. The summed E-state index contributed by atoms with van der Waals surface area (Å²) < 4.78 is 6.56. The average Bonchev–Trinajstić information content (AvgIpc) is 2.77. The molecule has 0 heterocycles. The number of hydrogen-bond donors (Lipinski definition) is 0. The fourth-order valence-electron chi connectivity index (χ4n) is 3.94. The van der Waals surface area contributed by atoms with E-state index in [1.807, 2.05) is 0 Å². The minimum absolute atomic E-state index is 0.638. The Bertz CT molecular complexity index is 1030. The molecule has 0 radical (unpaired) electrons. The van der Waals surface area contributed by atoms with E-state index in [1.54, 1.807) is 0 Å². The van der Waals surface area contributed by atoms with Crippen molar-refractivity contribution in [3.8, 4) is 11.5 Å². The van der Waals surface area contributed by atoms with Crippen molar-refractivity contribution in [1.29, 1.82) is 0 Å². The highest BCUT2D eigenvalue weighted by Crippen LogP contribution is 2.37. The number of alkyl halides is 2. The second-order valence-electron chi connectivity index (χ2n) is 7.21. The van der Waals surface area contributed by atoms with Crippen LogP contribution in [0.4, 0.5) is 0 Å². The van der Waals surface area contributed by atoms with Crippen LogP contribution in [-0.4, -0.2) is 11.8 Å². The van der Waals surface area contributed by atoms with E-state index >= 15 is 0 Å². The van der Waals surface area contributed by atoms with Crippen molar-refractivity contribution < 1.29 is 4.74 Å². The van der Waals surface area contributed by atoms with Crippen LogP contribution in [0.5, 0.6) is 11.5 Å². The van der Waals surface area contributed by atoms with Gasteiger partial charge < -0.3 is 4.74 Å². The summed E-state index contributed by atoms with van der Waals surface area (Å²) >= 11 is 12.0. The van der Waals surface area contributed by atoms with Gasteiger partial charge in [0.05, 0.1) is 0 Å². The minimum Gasteiger partial charge on any atom is -0.457 e. The molecule has 0 atom stereocenters. The lowest BCUT2D eigenvalue weighted by Gasteiger charge is -2.17. The van der Waals surface area contributed by atoms with E-state index in [0.717, 1.165) is 37.2 Å². The summed E-state index contributed by atoms with van der Waals surface area (Å²) in [6, 6.07) is 25.4. The second kappa shape index (κ2) is 9.52. The second-order valence-corrected chi connectivity index (χ2v) is 7.97. The first-order valence-electron chi connectivity index (χ1n) is 10.1. The van der Waals surface area contributed by atoms with Crippen LogP contribution in [0.1, 0.15) is 24.0 Å². The van der Waals surface area contributed by atoms with Crippen LogP contribution < -0.4 is 4.74 Å². The van der Waals surface area contributed by atoms with Crippen molar-refractivity contribution in [2.24, 2.45) is 0 Å². The molecular weight excluding hydrogens is 399 g/mol. The summed E-state index contributed by atoms with van der Waals surface area (Å²) in [5.74, 6) is 3.10. The van der Waals surface area contributed by atoms with Crippen LogP contribution in [0, 0.1) is 0 Å². The monoisotopic (exact) mass is 422 g/mol. The van der Waals surface area contributed by atoms with Gasteiger partial charge in [0.15, 0.2) is 0 Å². The van der Waals surface area contributed by atoms with Crippen LogP contribution in [0.3, 0.4) is 0 Å². The number of aryl methyl sites for hydroxylation is 2. The number of halogens is 2. The van der Waals surface area contributed by atoms with E-state index in [0.29, 0.717) is 11.8 Å². The van der Waals surface area contributed by atoms with Crippen LogP contribution in [0.2, 0.25) is 0 Å². The van der Waals surface area contributed by atoms with Crippen LogP contribution >= 0.6 is 23.2 Å². The van der Waals surface area contributed by atoms with Crippen LogP contribution in [0.15, 0.2) is 72.8 Å². The zero-order chi connectivity index (χ0) is 20.1. The molecular formula is C26H24Cl2O. The largest absolute Gasteiger partial charge is 0.457 e. The Morgan fingerprint density at radius 2 is 1.00 bits per heavy atom. The minimum atomic E-state index is 0.638. The van der Waals surface area contributed by atoms with Gasteiger partial charge in [0.25, 0.3) is 0 Å². The predicted octanol–water partition coefficient (Wildman–Crippen LogP) is 8.13. The first-order valence-corrected chi connectivity index (χ1v) is 11.2. The van der Waals surface area contributed by atoms with Gasteiger partial charge in [-0.15, -0.1) is 23.2 Å². The summed E-state index contributed by atoms with van der Waals surface area (Å²) in [6.07, 6.45) is 3.63. The molecule has 4 aromatic rings. The average molecular weight is 423 g/mol. The molecule has 0 amide bonds. The van der Waals surface area contributed by atoms with E-state index in [9.17, 15) is 0 Å². The molecule has 1 nitrogen and oxygen atoms in total. The molecule has 0 aliphatic rings. The number of ether oxygens (including phenoxy) is 1. The Morgan fingerprint density at radius 1 is 0.552 bits per heavy atom. The van der Waals surface area contributed by atoms with Crippen molar-refractivity contribution in [2.75, 3.05) is 11.8 Å². The maximum atomic E-state index is 6.56. The fraction of sp³-hybridized carbons (Fsp3) is 0.231. The Labute approximate surface area is 182 Å². The maximum Gasteiger partial charge on any atom is 0.131 e. The molecule has 0 saturated heterocycles. The van der Waals surface area contributed by atoms with E-state index in [1.165, 1.54) is 32.7 Å². The van der Waals surface area contributed by atoms with Crippen LogP contribution in [0.25, 0.3) is 21.5 Å². The normalized spacial score (nSPS) is 11.2. The van der Waals surface area contributed by atoms with Gasteiger partial charge in [-0.3, -0.25) is 0 Å². The standard InChI is InChI=1S/C26H24Cl2O/c27-17-5-11-23-21-9-3-1-7-19(21)13-15-25(23)29-26-16-14-20-8-2-4-10-22(20)24(26)12-6-18-28/h1-4,7-10,13-16H,5-6,11-12,17-18H2. The van der Waals surface area contributed by atoms with Gasteiger partial charge in [0.2, 0.25) is 0 Å². The molecule has 4 aromatic carbocycles. The van der Waals surface area contributed by atoms with Crippen LogP contribution in [-0.2, 0) is 12.8 Å². The number of rotatable bonds is 8. The molecule has 0 N–H and O–H groups in total. The summed E-state index contributed by atoms with van der Waals surface area (Å²) in [6.45, 7) is 0. The topological polar surface area (TPSA) is 9.23 Å². The molecule has 0 spiro atoms. The van der Waals surface area contributed by atoms with Gasteiger partial charge in [-0.1, -0.05) is 60.7 Å². The first-order chi connectivity index (χ1) is 14.3. The molecule has 3 heteroatoms. The fourth-order valence-corrected chi connectivity index (χ4v) is 4.21. The Balaban J connectivity index is 1.81. The van der Waals surface area contributed by atoms with E-state index in [-0.39, 0.29) is 0 Å². The maximum absolute atomic E-state index is 6.56. The molecule has 0 fully saturated rings. The molecule has 0 aliphatic heterocycles. The van der Waals surface area contributed by atoms with Crippen molar-refractivity contribution in [2.45, 2.75) is 25.7 Å². The molecule has 0 aromatic heterocycles. The third kappa shape index (κ3) is 4.37. The van der Waals surface area contributed by atoms with Gasteiger partial charge in [-0.25, -0.2) is 0 Å². The SMILES string of the molecule is ClCCCc1c(Oc2ccc3ccccc3c2CCCCl)ccc2ccccc12. The molecule has 4 rings (SSSR count). The van der Waals surface area contributed by atoms with E-state index in [4.69, 9.17) is 27.9 Å². The predicted molar refractivity (Wildman–Crippen MR) is 126 cm³/mol. The Kier molecular flexibility index (Phi) is 6.59. The highest BCUT2D eigenvalue weighted by atomic mass is 35.5. The smallest absolute Gasteiger partial charge is 0.131 e. The van der Waals surface area contributed by atoms with Crippen molar-refractivity contribution >= 4 is 44.7 Å². The number of fused-ring (bicyclic) bond motifs is 2. The van der Waals surface area contributed by atoms with Gasteiger partial charge in [0, 0.05) is 22.9 Å². The highest BCUT2D eigenvalue weighted by Gasteiger charge is 2.14. The van der Waals surface area contributed by atoms with Crippen molar-refractivity contribution in [1.82, 2.24) is 0 Å². The highest BCUT2D eigenvalue weighted by molar-refractivity contribution is 6.18. The molecule has 0 bridgehead atoms. The van der Waals surface area contributed by atoms with E-state index < -0.39 is 0 Å². The Morgan fingerprint density at radius 3 is 1.45 bits per heavy atom. The summed E-state index contributed by atoms with van der Waals surface area (Å²) in [4.78, 5) is 0. The van der Waals surface area contributed by atoms with Gasteiger partial charge >= 0.3 is 0 Å². The Hall–Kier alpha value is -2.22. The van der Waals surface area contributed by atoms with E-state index in [2.05, 4.69) is 72.8 Å². The molecule has 29 heavy (non-hydrogen) atoms. The van der Waals surface area contributed by atoms with Gasteiger partial charge in [0.1, 0.15) is 11.5 Å². The zero-order valence-electron chi connectivity index (χ0n) is 16.3. The lowest BCUT2D eigenvalue weighted by Crippen LogP contribution is -1.98. The van der Waals surface area contributed by atoms with Gasteiger partial charge in [-0.05, 0) is 59.4 Å². The lowest BCUT2D eigenvalue weighted by molar-refractivity contribution is 0.471. The third-order valence-electron chi connectivity index (χ3n) is 5.34. The molecule has 0 unspecified atom stereocenters. The number of hydrogen-bond acceptors (Lipinski definition) is 1. The third-order valence-corrected chi connectivity index (χ3v) is 5.87. The molecule has 148 valence electrons. The molecule has 0 aliphatic carbocycles. The summed E-state index contributed by atoms with van der Waals surface area (Å²) in [5, 5.41) is 4.92. The zero-order valence-corrected chi connectivity index (χ0v) is 17.8. The lowest BCUT2D eigenvalue weighted by atomic mass is 9.98. The quantitative estimate of drug-likeness (QED) is 0.260. The van der Waals surface area contributed by atoms with Crippen molar-refractivity contribution in [3.05, 3.63) is 83.9 Å². The summed E-state index contributed by atoms with van der Waals surface area (Å²) in [5.41, 5.74) is 2.44.